The first-order valence-electron chi connectivity index (χ1n) is 7.50. The number of hydrogen-bond donors (Lipinski definition) is 0. The van der Waals surface area contributed by atoms with Gasteiger partial charge in [-0.2, -0.15) is 9.61 Å². The number of para-hydroxylation sites is 1. The molecule has 0 spiro atoms. The van der Waals surface area contributed by atoms with Gasteiger partial charge in [0, 0.05) is 12.0 Å². The van der Waals surface area contributed by atoms with Gasteiger partial charge in [0.05, 0.1) is 11.8 Å². The van der Waals surface area contributed by atoms with Gasteiger partial charge in [-0.1, -0.05) is 29.5 Å². The summed E-state index contributed by atoms with van der Waals surface area (Å²) in [5.41, 5.74) is 1.18. The van der Waals surface area contributed by atoms with Gasteiger partial charge in [-0.3, -0.25) is 0 Å². The highest BCUT2D eigenvalue weighted by Gasteiger charge is 2.32. The molecule has 4 aromatic rings. The van der Waals surface area contributed by atoms with Gasteiger partial charge in [0.25, 0.3) is 0 Å². The molecule has 6 nitrogen and oxygen atoms in total. The molecule has 0 aliphatic heterocycles. The highest BCUT2D eigenvalue weighted by molar-refractivity contribution is 7.19. The summed E-state index contributed by atoms with van der Waals surface area (Å²) in [6.07, 6.45) is -3.09. The van der Waals surface area contributed by atoms with Crippen molar-refractivity contribution < 1.29 is 22.3 Å². The van der Waals surface area contributed by atoms with Gasteiger partial charge in [-0.15, -0.1) is 23.4 Å². The SMILES string of the molecule is Cc1occc1-c1nn2c(Cc3ccccc3OC(F)(F)F)nnc2s1. The number of aromatic nitrogens is 4. The van der Waals surface area contributed by atoms with Crippen LogP contribution in [0.4, 0.5) is 13.2 Å². The molecule has 3 aromatic heterocycles. The summed E-state index contributed by atoms with van der Waals surface area (Å²) in [5.74, 6) is 0.875. The van der Waals surface area contributed by atoms with Gasteiger partial charge in [-0.25, -0.2) is 0 Å². The zero-order chi connectivity index (χ0) is 18.3. The van der Waals surface area contributed by atoms with Crippen molar-refractivity contribution in [3.8, 4) is 16.3 Å². The molecule has 0 aliphatic carbocycles. The van der Waals surface area contributed by atoms with Gasteiger partial charge in [0.15, 0.2) is 10.8 Å². The standard InChI is InChI=1S/C16H11F3N4O2S/c1-9-11(6-7-24-9)14-22-23-13(20-21-15(23)26-14)8-10-4-2-3-5-12(10)25-16(17,18)19/h2-7H,8H2,1H3. The number of rotatable bonds is 4. The normalized spacial score (nSPS) is 12.0. The third kappa shape index (κ3) is 3.15. The van der Waals surface area contributed by atoms with E-state index in [1.54, 1.807) is 24.5 Å². The Morgan fingerprint density at radius 1 is 1.19 bits per heavy atom. The maximum Gasteiger partial charge on any atom is 0.573 e. The van der Waals surface area contributed by atoms with Crippen molar-refractivity contribution in [2.75, 3.05) is 0 Å². The van der Waals surface area contributed by atoms with Crippen LogP contribution in [0.25, 0.3) is 15.5 Å². The third-order valence-corrected chi connectivity index (χ3v) is 4.62. The van der Waals surface area contributed by atoms with Crippen LogP contribution >= 0.6 is 11.3 Å². The van der Waals surface area contributed by atoms with Gasteiger partial charge < -0.3 is 9.15 Å². The number of hydrogen-bond acceptors (Lipinski definition) is 6. The Morgan fingerprint density at radius 3 is 2.73 bits per heavy atom. The summed E-state index contributed by atoms with van der Waals surface area (Å²) in [6.45, 7) is 1.82. The van der Waals surface area contributed by atoms with E-state index in [0.29, 0.717) is 21.4 Å². The lowest BCUT2D eigenvalue weighted by molar-refractivity contribution is -0.274. The summed E-state index contributed by atoms with van der Waals surface area (Å²) in [5, 5.41) is 13.2. The summed E-state index contributed by atoms with van der Waals surface area (Å²) in [7, 11) is 0. The summed E-state index contributed by atoms with van der Waals surface area (Å²) < 4.78 is 48.6. The largest absolute Gasteiger partial charge is 0.573 e. The number of aryl methyl sites for hydroxylation is 1. The summed E-state index contributed by atoms with van der Waals surface area (Å²) >= 11 is 1.32. The second-order valence-electron chi connectivity index (χ2n) is 5.44. The fourth-order valence-electron chi connectivity index (χ4n) is 2.53. The summed E-state index contributed by atoms with van der Waals surface area (Å²) in [6, 6.07) is 7.73. The monoisotopic (exact) mass is 380 g/mol. The molecular formula is C16H11F3N4O2S. The minimum atomic E-state index is -4.76. The van der Waals surface area contributed by atoms with E-state index < -0.39 is 6.36 Å². The second kappa shape index (κ2) is 6.13. The van der Waals surface area contributed by atoms with Gasteiger partial charge in [0.2, 0.25) is 4.96 Å². The molecule has 0 aliphatic rings. The van der Waals surface area contributed by atoms with E-state index in [1.807, 2.05) is 6.92 Å². The summed E-state index contributed by atoms with van der Waals surface area (Å²) in [4.78, 5) is 0.546. The number of furan rings is 1. The van der Waals surface area contributed by atoms with Crippen LogP contribution in [-0.2, 0) is 6.42 Å². The van der Waals surface area contributed by atoms with E-state index in [2.05, 4.69) is 20.0 Å². The Kier molecular flexibility index (Phi) is 3.91. The van der Waals surface area contributed by atoms with Crippen LogP contribution in [0.15, 0.2) is 41.0 Å². The van der Waals surface area contributed by atoms with Crippen LogP contribution in [0.5, 0.6) is 5.75 Å². The minimum Gasteiger partial charge on any atom is -0.469 e. The van der Waals surface area contributed by atoms with Crippen molar-refractivity contribution >= 4 is 16.3 Å². The number of nitrogens with zero attached hydrogens (tertiary/aromatic N) is 4. The van der Waals surface area contributed by atoms with Crippen molar-refractivity contribution in [2.45, 2.75) is 19.7 Å². The van der Waals surface area contributed by atoms with Crippen LogP contribution < -0.4 is 4.74 Å². The Labute approximate surface area is 148 Å². The van der Waals surface area contributed by atoms with Crippen molar-refractivity contribution in [1.29, 1.82) is 0 Å². The fourth-order valence-corrected chi connectivity index (χ4v) is 3.46. The number of ether oxygens (including phenoxy) is 1. The average Bonchev–Trinajstić information content (AvgIpc) is 3.24. The molecular weight excluding hydrogens is 369 g/mol. The number of fused-ring (bicyclic) bond motifs is 1. The predicted molar refractivity (Wildman–Crippen MR) is 87.0 cm³/mol. The Balaban J connectivity index is 1.69. The molecule has 0 atom stereocenters. The van der Waals surface area contributed by atoms with E-state index in [4.69, 9.17) is 4.42 Å². The lowest BCUT2D eigenvalue weighted by atomic mass is 10.1. The number of benzene rings is 1. The molecule has 3 heterocycles. The van der Waals surface area contributed by atoms with Crippen LogP contribution in [0.1, 0.15) is 17.1 Å². The molecule has 10 heteroatoms. The second-order valence-corrected chi connectivity index (χ2v) is 6.40. The number of alkyl halides is 3. The quantitative estimate of drug-likeness (QED) is 0.530. The van der Waals surface area contributed by atoms with Crippen molar-refractivity contribution in [2.24, 2.45) is 0 Å². The minimum absolute atomic E-state index is 0.0982. The molecule has 26 heavy (non-hydrogen) atoms. The van der Waals surface area contributed by atoms with Gasteiger partial charge >= 0.3 is 6.36 Å². The van der Waals surface area contributed by atoms with Crippen LogP contribution in [0, 0.1) is 6.92 Å². The lowest BCUT2D eigenvalue weighted by Crippen LogP contribution is -2.18. The molecule has 0 saturated carbocycles. The van der Waals surface area contributed by atoms with Crippen molar-refractivity contribution in [3.05, 3.63) is 53.7 Å². The molecule has 0 unspecified atom stereocenters. The molecule has 0 bridgehead atoms. The maximum atomic E-state index is 12.6. The van der Waals surface area contributed by atoms with Gasteiger partial charge in [-0.05, 0) is 19.1 Å². The number of halogens is 3. The van der Waals surface area contributed by atoms with Crippen molar-refractivity contribution in [1.82, 2.24) is 19.8 Å². The first kappa shape index (κ1) is 16.6. The first-order valence-corrected chi connectivity index (χ1v) is 8.31. The molecule has 0 fully saturated rings. The Hall–Kier alpha value is -2.88. The van der Waals surface area contributed by atoms with Crippen LogP contribution in [0.3, 0.4) is 0 Å². The third-order valence-electron chi connectivity index (χ3n) is 3.69. The Morgan fingerprint density at radius 2 is 2.00 bits per heavy atom. The van der Waals surface area contributed by atoms with Crippen LogP contribution in [-0.4, -0.2) is 26.2 Å². The van der Waals surface area contributed by atoms with Crippen molar-refractivity contribution in [3.63, 3.8) is 0 Å². The van der Waals surface area contributed by atoms with E-state index >= 15 is 0 Å². The van der Waals surface area contributed by atoms with E-state index in [1.165, 1.54) is 28.0 Å². The maximum absolute atomic E-state index is 12.6. The molecule has 0 saturated heterocycles. The first-order chi connectivity index (χ1) is 12.4. The highest BCUT2D eigenvalue weighted by atomic mass is 32.1. The molecule has 134 valence electrons. The average molecular weight is 380 g/mol. The van der Waals surface area contributed by atoms with Crippen LogP contribution in [0.2, 0.25) is 0 Å². The Bertz CT molecular complexity index is 1070. The van der Waals surface area contributed by atoms with E-state index in [0.717, 1.165) is 11.3 Å². The molecule has 0 amide bonds. The zero-order valence-electron chi connectivity index (χ0n) is 13.3. The van der Waals surface area contributed by atoms with E-state index in [9.17, 15) is 13.2 Å². The zero-order valence-corrected chi connectivity index (χ0v) is 14.1. The molecule has 0 radical (unpaired) electrons. The molecule has 0 N–H and O–H groups in total. The molecule has 1 aromatic carbocycles. The topological polar surface area (TPSA) is 65.5 Å². The highest BCUT2D eigenvalue weighted by Crippen LogP contribution is 2.30. The van der Waals surface area contributed by atoms with Gasteiger partial charge in [0.1, 0.15) is 11.5 Å². The van der Waals surface area contributed by atoms with E-state index in [-0.39, 0.29) is 12.2 Å². The lowest BCUT2D eigenvalue weighted by Gasteiger charge is -2.12. The molecule has 4 rings (SSSR count). The smallest absolute Gasteiger partial charge is 0.469 e. The fraction of sp³-hybridized carbons (Fsp3) is 0.188. The predicted octanol–water partition coefficient (Wildman–Crippen LogP) is 4.24.